The average molecular weight is 387 g/mol. The Morgan fingerprint density at radius 3 is 2.63 bits per heavy atom. The summed E-state index contributed by atoms with van der Waals surface area (Å²) in [7, 11) is 0. The molecule has 100 valence electrons. The van der Waals surface area contributed by atoms with Gasteiger partial charge in [-0.3, -0.25) is 5.32 Å². The second kappa shape index (κ2) is 6.33. The van der Waals surface area contributed by atoms with E-state index in [2.05, 4.69) is 38.2 Å². The molecule has 1 aromatic heterocycles. The molecular weight excluding hydrogens is 373 g/mol. The maximum Gasteiger partial charge on any atom is 0.321 e. The number of aromatic nitrogens is 1. The monoisotopic (exact) mass is 387 g/mol. The molecule has 0 atom stereocenters. The van der Waals surface area contributed by atoms with E-state index in [1.807, 2.05) is 43.5 Å². The second-order valence-corrected chi connectivity index (χ2v) is 6.40. The molecule has 0 saturated heterocycles. The van der Waals surface area contributed by atoms with E-state index in [0.29, 0.717) is 5.13 Å². The van der Waals surface area contributed by atoms with Crippen molar-refractivity contribution in [2.24, 2.45) is 0 Å². The molecule has 0 saturated carbocycles. The van der Waals surface area contributed by atoms with Gasteiger partial charge in [-0.2, -0.15) is 0 Å². The van der Waals surface area contributed by atoms with Crippen molar-refractivity contribution in [3.8, 4) is 11.3 Å². The van der Waals surface area contributed by atoms with Crippen LogP contribution in [0.15, 0.2) is 29.6 Å². The van der Waals surface area contributed by atoms with E-state index in [1.54, 1.807) is 0 Å². The Morgan fingerprint density at radius 2 is 2.00 bits per heavy atom. The van der Waals surface area contributed by atoms with Gasteiger partial charge in [-0.05, 0) is 48.6 Å². The fourth-order valence-corrected chi connectivity index (χ4v) is 2.55. The Morgan fingerprint density at radius 1 is 1.32 bits per heavy atom. The fourth-order valence-electron chi connectivity index (χ4n) is 1.48. The van der Waals surface area contributed by atoms with Crippen LogP contribution in [0.4, 0.5) is 9.93 Å². The summed E-state index contributed by atoms with van der Waals surface area (Å²) in [6, 6.07) is 8.00. The van der Waals surface area contributed by atoms with E-state index in [9.17, 15) is 4.79 Å². The van der Waals surface area contributed by atoms with Crippen LogP contribution in [-0.4, -0.2) is 17.1 Å². The number of carbonyl (C=O) groups excluding carboxylic acids is 1. The predicted octanol–water partition coefficient (Wildman–Crippen LogP) is 3.94. The van der Waals surface area contributed by atoms with Crippen molar-refractivity contribution in [3.63, 3.8) is 0 Å². The molecule has 0 aliphatic heterocycles. The van der Waals surface area contributed by atoms with Gasteiger partial charge < -0.3 is 5.32 Å². The third-order valence-electron chi connectivity index (χ3n) is 2.28. The van der Waals surface area contributed by atoms with Crippen molar-refractivity contribution >= 4 is 45.1 Å². The van der Waals surface area contributed by atoms with Gasteiger partial charge in [0.05, 0.1) is 5.69 Å². The van der Waals surface area contributed by atoms with Gasteiger partial charge in [0.2, 0.25) is 0 Å². The Balaban J connectivity index is 2.07. The van der Waals surface area contributed by atoms with Gasteiger partial charge in [0.15, 0.2) is 5.13 Å². The zero-order valence-electron chi connectivity index (χ0n) is 10.6. The van der Waals surface area contributed by atoms with Gasteiger partial charge in [-0.15, -0.1) is 11.3 Å². The molecule has 6 heteroatoms. The molecule has 0 aliphatic rings. The molecule has 0 unspecified atom stereocenters. The number of benzene rings is 1. The minimum atomic E-state index is -0.224. The van der Waals surface area contributed by atoms with Crippen LogP contribution in [-0.2, 0) is 0 Å². The first kappa shape index (κ1) is 14.3. The number of hydrogen-bond acceptors (Lipinski definition) is 3. The first-order valence-corrected chi connectivity index (χ1v) is 7.79. The molecule has 2 aromatic rings. The van der Waals surface area contributed by atoms with Crippen LogP contribution in [0.1, 0.15) is 13.8 Å². The lowest BCUT2D eigenvalue weighted by Gasteiger charge is -2.07. The largest absolute Gasteiger partial charge is 0.336 e. The van der Waals surface area contributed by atoms with Gasteiger partial charge >= 0.3 is 6.03 Å². The van der Waals surface area contributed by atoms with Crippen LogP contribution >= 0.6 is 33.9 Å². The summed E-state index contributed by atoms with van der Waals surface area (Å²) in [6.45, 7) is 3.83. The Kier molecular flexibility index (Phi) is 4.76. The molecule has 2 amide bonds. The summed E-state index contributed by atoms with van der Waals surface area (Å²) in [6.07, 6.45) is 0. The number of amides is 2. The standard InChI is InChI=1S/C13H14IN3OS/c1-8(2)15-12(18)17-13-16-11(7-19-13)9-3-5-10(14)6-4-9/h3-8H,1-2H3,(H2,15,16,17,18). The number of nitrogens with one attached hydrogen (secondary N) is 2. The van der Waals surface area contributed by atoms with Gasteiger partial charge in [0.25, 0.3) is 0 Å². The Labute approximate surface area is 129 Å². The van der Waals surface area contributed by atoms with Crippen molar-refractivity contribution in [1.29, 1.82) is 0 Å². The van der Waals surface area contributed by atoms with Gasteiger partial charge in [-0.1, -0.05) is 12.1 Å². The van der Waals surface area contributed by atoms with Crippen LogP contribution in [0.2, 0.25) is 0 Å². The van der Waals surface area contributed by atoms with Crippen LogP contribution in [0.5, 0.6) is 0 Å². The van der Waals surface area contributed by atoms with E-state index in [-0.39, 0.29) is 12.1 Å². The first-order chi connectivity index (χ1) is 9.04. The first-order valence-electron chi connectivity index (χ1n) is 5.83. The van der Waals surface area contributed by atoms with Gasteiger partial charge in [0.1, 0.15) is 0 Å². The highest BCUT2D eigenvalue weighted by Crippen LogP contribution is 2.25. The maximum absolute atomic E-state index is 11.6. The molecule has 1 aromatic carbocycles. The zero-order chi connectivity index (χ0) is 13.8. The molecule has 4 nitrogen and oxygen atoms in total. The van der Waals surface area contributed by atoms with Crippen molar-refractivity contribution in [3.05, 3.63) is 33.2 Å². The predicted molar refractivity (Wildman–Crippen MR) is 87.6 cm³/mol. The number of thiazole rings is 1. The minimum absolute atomic E-state index is 0.107. The summed E-state index contributed by atoms with van der Waals surface area (Å²) in [5.74, 6) is 0. The topological polar surface area (TPSA) is 54.0 Å². The SMILES string of the molecule is CC(C)NC(=O)Nc1nc(-c2ccc(I)cc2)cs1. The summed E-state index contributed by atoms with van der Waals surface area (Å²) >= 11 is 3.68. The van der Waals surface area contributed by atoms with Gasteiger partial charge in [-0.25, -0.2) is 9.78 Å². The number of rotatable bonds is 3. The van der Waals surface area contributed by atoms with E-state index < -0.39 is 0 Å². The molecule has 19 heavy (non-hydrogen) atoms. The summed E-state index contributed by atoms with van der Waals surface area (Å²) < 4.78 is 1.19. The molecule has 0 radical (unpaired) electrons. The average Bonchev–Trinajstić information content (AvgIpc) is 2.77. The number of anilines is 1. The molecule has 0 aliphatic carbocycles. The normalized spacial score (nSPS) is 10.5. The zero-order valence-corrected chi connectivity index (χ0v) is 13.6. The van der Waals surface area contributed by atoms with E-state index in [0.717, 1.165) is 11.3 Å². The van der Waals surface area contributed by atoms with Crippen LogP contribution < -0.4 is 10.6 Å². The van der Waals surface area contributed by atoms with E-state index in [1.165, 1.54) is 14.9 Å². The van der Waals surface area contributed by atoms with Crippen LogP contribution in [0.3, 0.4) is 0 Å². The second-order valence-electron chi connectivity index (χ2n) is 4.30. The van der Waals surface area contributed by atoms with Crippen molar-refractivity contribution in [2.75, 3.05) is 5.32 Å². The van der Waals surface area contributed by atoms with E-state index >= 15 is 0 Å². The molecule has 0 spiro atoms. The van der Waals surface area contributed by atoms with Crippen molar-refractivity contribution in [2.45, 2.75) is 19.9 Å². The minimum Gasteiger partial charge on any atom is -0.336 e. The Hall–Kier alpha value is -1.15. The van der Waals surface area contributed by atoms with Crippen LogP contribution in [0.25, 0.3) is 11.3 Å². The third kappa shape index (κ3) is 4.17. The lowest BCUT2D eigenvalue weighted by molar-refractivity contribution is 0.250. The van der Waals surface area contributed by atoms with Gasteiger partial charge in [0, 0.05) is 20.6 Å². The molecule has 2 N–H and O–H groups in total. The Bertz CT molecular complexity index is 566. The highest BCUT2D eigenvalue weighted by Gasteiger charge is 2.08. The number of nitrogens with zero attached hydrogens (tertiary/aromatic N) is 1. The molecule has 1 heterocycles. The summed E-state index contributed by atoms with van der Waals surface area (Å²) in [5, 5.41) is 8.04. The highest BCUT2D eigenvalue weighted by molar-refractivity contribution is 14.1. The molecule has 2 rings (SSSR count). The van der Waals surface area contributed by atoms with Crippen molar-refractivity contribution < 1.29 is 4.79 Å². The number of urea groups is 1. The number of hydrogen-bond donors (Lipinski definition) is 2. The summed E-state index contributed by atoms with van der Waals surface area (Å²) in [4.78, 5) is 16.0. The van der Waals surface area contributed by atoms with Crippen molar-refractivity contribution in [1.82, 2.24) is 10.3 Å². The third-order valence-corrected chi connectivity index (χ3v) is 3.76. The molecular formula is C13H14IN3OS. The van der Waals surface area contributed by atoms with E-state index in [4.69, 9.17) is 0 Å². The quantitative estimate of drug-likeness (QED) is 0.784. The lowest BCUT2D eigenvalue weighted by atomic mass is 10.2. The van der Waals surface area contributed by atoms with Crippen LogP contribution in [0, 0.1) is 3.57 Å². The number of carbonyl (C=O) groups is 1. The number of halogens is 1. The highest BCUT2D eigenvalue weighted by atomic mass is 127. The maximum atomic E-state index is 11.6. The smallest absolute Gasteiger partial charge is 0.321 e. The lowest BCUT2D eigenvalue weighted by Crippen LogP contribution is -2.34. The summed E-state index contributed by atoms with van der Waals surface area (Å²) in [5.41, 5.74) is 1.93. The fraction of sp³-hybridized carbons (Fsp3) is 0.231. The molecule has 0 bridgehead atoms. The molecule has 0 fully saturated rings.